The molecular formula is C18H22N2O. The van der Waals surface area contributed by atoms with E-state index in [1.807, 2.05) is 44.4 Å². The van der Waals surface area contributed by atoms with E-state index in [4.69, 9.17) is 4.74 Å². The van der Waals surface area contributed by atoms with Gasteiger partial charge >= 0.3 is 0 Å². The van der Waals surface area contributed by atoms with Crippen LogP contribution in [0.15, 0.2) is 42.7 Å². The van der Waals surface area contributed by atoms with E-state index in [1.165, 1.54) is 18.4 Å². The summed E-state index contributed by atoms with van der Waals surface area (Å²) in [6.45, 7) is 4.98. The van der Waals surface area contributed by atoms with Gasteiger partial charge in [-0.05, 0) is 44.4 Å². The van der Waals surface area contributed by atoms with E-state index in [-0.39, 0.29) is 6.10 Å². The van der Waals surface area contributed by atoms with Gasteiger partial charge in [-0.2, -0.15) is 0 Å². The fraction of sp³-hybridized carbons (Fsp3) is 0.389. The number of benzene rings is 1. The Morgan fingerprint density at radius 1 is 1.24 bits per heavy atom. The second-order valence-corrected chi connectivity index (χ2v) is 5.90. The van der Waals surface area contributed by atoms with E-state index < -0.39 is 0 Å². The highest BCUT2D eigenvalue weighted by molar-refractivity contribution is 5.70. The third-order valence-electron chi connectivity index (χ3n) is 3.53. The number of ether oxygens (including phenoxy) is 1. The van der Waals surface area contributed by atoms with Crippen molar-refractivity contribution >= 4 is 0 Å². The molecule has 110 valence electrons. The molecule has 1 saturated carbocycles. The number of hydrogen-bond acceptors (Lipinski definition) is 3. The molecule has 0 unspecified atom stereocenters. The van der Waals surface area contributed by atoms with Crippen molar-refractivity contribution < 1.29 is 4.74 Å². The van der Waals surface area contributed by atoms with Crippen LogP contribution in [0.2, 0.25) is 0 Å². The number of hydrogen-bond donors (Lipinski definition) is 1. The zero-order valence-electron chi connectivity index (χ0n) is 12.7. The molecule has 3 nitrogen and oxygen atoms in total. The monoisotopic (exact) mass is 282 g/mol. The van der Waals surface area contributed by atoms with Crippen molar-refractivity contribution in [3.05, 3.63) is 48.3 Å². The predicted octanol–water partition coefficient (Wildman–Crippen LogP) is 3.79. The standard InChI is InChI=1S/C18H22N2O/c1-13(2)21-18-6-4-3-5-17(18)15-9-14(10-19-12-15)11-20-16-7-8-16/h3-6,9-10,12-13,16,20H,7-8,11H2,1-2H3. The molecule has 21 heavy (non-hydrogen) atoms. The van der Waals surface area contributed by atoms with Gasteiger partial charge in [0, 0.05) is 36.1 Å². The average molecular weight is 282 g/mol. The first-order valence-electron chi connectivity index (χ1n) is 7.66. The normalized spacial score (nSPS) is 14.4. The van der Waals surface area contributed by atoms with E-state index >= 15 is 0 Å². The van der Waals surface area contributed by atoms with E-state index in [0.717, 1.165) is 23.4 Å². The van der Waals surface area contributed by atoms with Gasteiger partial charge in [-0.1, -0.05) is 18.2 Å². The van der Waals surface area contributed by atoms with Crippen molar-refractivity contribution in [2.75, 3.05) is 0 Å². The molecule has 3 heteroatoms. The molecule has 1 heterocycles. The Labute approximate surface area is 126 Å². The SMILES string of the molecule is CC(C)Oc1ccccc1-c1cncc(CNC2CC2)c1. The molecule has 1 aromatic heterocycles. The van der Waals surface area contributed by atoms with Gasteiger partial charge in [-0.25, -0.2) is 0 Å². The molecule has 0 bridgehead atoms. The number of nitrogens with zero attached hydrogens (tertiary/aromatic N) is 1. The van der Waals surface area contributed by atoms with Crippen LogP contribution in [-0.2, 0) is 6.54 Å². The summed E-state index contributed by atoms with van der Waals surface area (Å²) in [5.74, 6) is 0.918. The highest BCUT2D eigenvalue weighted by Gasteiger charge is 2.20. The molecule has 1 aliphatic carbocycles. The second-order valence-electron chi connectivity index (χ2n) is 5.90. The van der Waals surface area contributed by atoms with Gasteiger partial charge in [0.25, 0.3) is 0 Å². The lowest BCUT2D eigenvalue weighted by Gasteiger charge is -2.14. The first kappa shape index (κ1) is 14.1. The number of rotatable bonds is 6. The van der Waals surface area contributed by atoms with Crippen molar-refractivity contribution in [2.45, 2.75) is 45.4 Å². The van der Waals surface area contributed by atoms with Crippen LogP contribution in [0.3, 0.4) is 0 Å². The maximum absolute atomic E-state index is 5.90. The number of aromatic nitrogens is 1. The summed E-state index contributed by atoms with van der Waals surface area (Å²) in [4.78, 5) is 4.38. The highest BCUT2D eigenvalue weighted by Crippen LogP contribution is 2.30. The van der Waals surface area contributed by atoms with Crippen LogP contribution < -0.4 is 10.1 Å². The largest absolute Gasteiger partial charge is 0.490 e. The van der Waals surface area contributed by atoms with E-state index in [0.29, 0.717) is 6.04 Å². The third kappa shape index (κ3) is 3.82. The summed E-state index contributed by atoms with van der Waals surface area (Å²) >= 11 is 0. The van der Waals surface area contributed by atoms with E-state index in [2.05, 4.69) is 22.4 Å². The van der Waals surface area contributed by atoms with E-state index in [1.54, 1.807) is 0 Å². The smallest absolute Gasteiger partial charge is 0.127 e. The van der Waals surface area contributed by atoms with Crippen LogP contribution in [0.25, 0.3) is 11.1 Å². The molecular weight excluding hydrogens is 260 g/mol. The molecule has 2 aromatic rings. The fourth-order valence-electron chi connectivity index (χ4n) is 2.34. The highest BCUT2D eigenvalue weighted by atomic mass is 16.5. The van der Waals surface area contributed by atoms with Crippen LogP contribution in [-0.4, -0.2) is 17.1 Å². The molecule has 0 radical (unpaired) electrons. The minimum atomic E-state index is 0.166. The van der Waals surface area contributed by atoms with Gasteiger partial charge in [0.1, 0.15) is 5.75 Å². The Bertz CT molecular complexity index is 606. The zero-order valence-corrected chi connectivity index (χ0v) is 12.7. The maximum atomic E-state index is 5.90. The maximum Gasteiger partial charge on any atom is 0.127 e. The summed E-state index contributed by atoms with van der Waals surface area (Å²) in [5, 5.41) is 3.53. The van der Waals surface area contributed by atoms with Gasteiger partial charge in [-0.15, -0.1) is 0 Å². The van der Waals surface area contributed by atoms with Crippen LogP contribution in [0.5, 0.6) is 5.75 Å². The minimum absolute atomic E-state index is 0.166. The Morgan fingerprint density at radius 3 is 2.81 bits per heavy atom. The molecule has 1 aliphatic rings. The lowest BCUT2D eigenvalue weighted by Crippen LogP contribution is -2.15. The van der Waals surface area contributed by atoms with Crippen molar-refractivity contribution in [2.24, 2.45) is 0 Å². The fourth-order valence-corrected chi connectivity index (χ4v) is 2.34. The Balaban J connectivity index is 1.83. The lowest BCUT2D eigenvalue weighted by molar-refractivity contribution is 0.243. The first-order valence-corrected chi connectivity index (χ1v) is 7.66. The lowest BCUT2D eigenvalue weighted by atomic mass is 10.0. The molecule has 1 fully saturated rings. The number of para-hydroxylation sites is 1. The summed E-state index contributed by atoms with van der Waals surface area (Å²) in [5.41, 5.74) is 3.44. The summed E-state index contributed by atoms with van der Waals surface area (Å²) in [6.07, 6.45) is 6.61. The van der Waals surface area contributed by atoms with Crippen LogP contribution >= 0.6 is 0 Å². The molecule has 0 amide bonds. The molecule has 3 rings (SSSR count). The number of nitrogens with one attached hydrogen (secondary N) is 1. The van der Waals surface area contributed by atoms with Gasteiger partial charge < -0.3 is 10.1 Å². The molecule has 0 atom stereocenters. The number of pyridine rings is 1. The average Bonchev–Trinajstić information content (AvgIpc) is 3.30. The van der Waals surface area contributed by atoms with Gasteiger partial charge in [-0.3, -0.25) is 4.98 Å². The van der Waals surface area contributed by atoms with Crippen molar-refractivity contribution in [3.8, 4) is 16.9 Å². The zero-order chi connectivity index (χ0) is 14.7. The summed E-state index contributed by atoms with van der Waals surface area (Å²) in [7, 11) is 0. The Morgan fingerprint density at radius 2 is 2.05 bits per heavy atom. The first-order chi connectivity index (χ1) is 10.2. The summed E-state index contributed by atoms with van der Waals surface area (Å²) in [6, 6.07) is 11.1. The summed E-state index contributed by atoms with van der Waals surface area (Å²) < 4.78 is 5.90. The Kier molecular flexibility index (Phi) is 4.20. The van der Waals surface area contributed by atoms with Crippen LogP contribution in [0.1, 0.15) is 32.3 Å². The van der Waals surface area contributed by atoms with Crippen molar-refractivity contribution in [3.63, 3.8) is 0 Å². The van der Waals surface area contributed by atoms with Gasteiger partial charge in [0.2, 0.25) is 0 Å². The quantitative estimate of drug-likeness (QED) is 0.875. The minimum Gasteiger partial charge on any atom is -0.490 e. The van der Waals surface area contributed by atoms with Gasteiger partial charge in [0.05, 0.1) is 6.10 Å². The Hall–Kier alpha value is -1.87. The molecule has 0 aliphatic heterocycles. The third-order valence-corrected chi connectivity index (χ3v) is 3.53. The molecule has 1 N–H and O–H groups in total. The van der Waals surface area contributed by atoms with E-state index in [9.17, 15) is 0 Å². The van der Waals surface area contributed by atoms with Gasteiger partial charge in [0.15, 0.2) is 0 Å². The predicted molar refractivity (Wildman–Crippen MR) is 85.3 cm³/mol. The molecule has 1 aromatic carbocycles. The van der Waals surface area contributed by atoms with Crippen molar-refractivity contribution in [1.82, 2.24) is 10.3 Å². The second kappa shape index (κ2) is 6.27. The van der Waals surface area contributed by atoms with Crippen LogP contribution in [0.4, 0.5) is 0 Å². The van der Waals surface area contributed by atoms with Crippen molar-refractivity contribution in [1.29, 1.82) is 0 Å². The van der Waals surface area contributed by atoms with Crippen LogP contribution in [0, 0.1) is 0 Å². The topological polar surface area (TPSA) is 34.1 Å². The molecule has 0 saturated heterocycles. The molecule has 0 spiro atoms.